The summed E-state index contributed by atoms with van der Waals surface area (Å²) in [5, 5.41) is 3.20. The van der Waals surface area contributed by atoms with Gasteiger partial charge in [0.15, 0.2) is 11.5 Å². The van der Waals surface area contributed by atoms with E-state index in [4.69, 9.17) is 0 Å². The van der Waals surface area contributed by atoms with E-state index in [9.17, 15) is 18.0 Å². The number of anilines is 1. The summed E-state index contributed by atoms with van der Waals surface area (Å²) in [5.74, 6) is 0.946. The summed E-state index contributed by atoms with van der Waals surface area (Å²) in [6.07, 6.45) is 2.39. The first-order valence-corrected chi connectivity index (χ1v) is 11.0. The van der Waals surface area contributed by atoms with Crippen LogP contribution in [0.1, 0.15) is 34.6 Å². The van der Waals surface area contributed by atoms with Gasteiger partial charge in [0.05, 0.1) is 24.0 Å². The molecule has 3 aliphatic rings. The van der Waals surface area contributed by atoms with E-state index in [0.717, 1.165) is 30.9 Å². The fourth-order valence-electron chi connectivity index (χ4n) is 5.57. The highest BCUT2D eigenvalue weighted by Crippen LogP contribution is 2.71. The average molecular weight is 467 g/mol. The highest BCUT2D eigenvalue weighted by molar-refractivity contribution is 6.00. The van der Waals surface area contributed by atoms with Crippen molar-refractivity contribution in [1.29, 1.82) is 0 Å². The zero-order valence-corrected chi connectivity index (χ0v) is 18.1. The first-order valence-electron chi connectivity index (χ1n) is 11.0. The standard InChI is InChI=1S/C23H20F3N7O/c1-12-3-4-14(18(31-12)20-27-5-2-6-28-20)21(34)33-11-13-7-22(13)8-15(19(22)33)32-17-10-29-16(9-30-17)23(24,25)26/h2-6,9-10,13,15,19H,7-8,11H2,1H3,(H,30,32). The number of hydrogen-bond donors (Lipinski definition) is 1. The van der Waals surface area contributed by atoms with Gasteiger partial charge in [-0.25, -0.2) is 24.9 Å². The van der Waals surface area contributed by atoms with Crippen LogP contribution in [0.25, 0.3) is 11.5 Å². The number of aromatic nitrogens is 5. The number of carbonyl (C=O) groups excluding carboxylic acids is 1. The summed E-state index contributed by atoms with van der Waals surface area (Å²) in [6.45, 7) is 2.49. The number of pyridine rings is 1. The number of halogens is 3. The zero-order valence-electron chi connectivity index (χ0n) is 18.1. The lowest BCUT2D eigenvalue weighted by molar-refractivity contribution is -0.141. The molecule has 0 bridgehead atoms. The van der Waals surface area contributed by atoms with Gasteiger partial charge in [0, 0.05) is 30.7 Å². The maximum atomic E-state index is 13.7. The SMILES string of the molecule is Cc1ccc(C(=O)N2CC3CC34CC(Nc3cnc(C(F)(F)F)cn3)C24)c(-c2ncccn2)n1. The second-order valence-corrected chi connectivity index (χ2v) is 9.20. The van der Waals surface area contributed by atoms with E-state index in [1.807, 2.05) is 11.8 Å². The van der Waals surface area contributed by atoms with Crippen molar-refractivity contribution in [2.75, 3.05) is 11.9 Å². The van der Waals surface area contributed by atoms with E-state index in [0.29, 0.717) is 29.5 Å². The maximum absolute atomic E-state index is 13.7. The Morgan fingerprint density at radius 2 is 1.91 bits per heavy atom. The molecule has 1 aliphatic heterocycles. The number of likely N-dealkylation sites (tertiary alicyclic amines) is 1. The number of hydrogen-bond acceptors (Lipinski definition) is 7. The van der Waals surface area contributed by atoms with Crippen LogP contribution in [0.2, 0.25) is 0 Å². The largest absolute Gasteiger partial charge is 0.434 e. The smallest absolute Gasteiger partial charge is 0.364 e. The van der Waals surface area contributed by atoms with E-state index >= 15 is 0 Å². The van der Waals surface area contributed by atoms with Gasteiger partial charge >= 0.3 is 6.18 Å². The van der Waals surface area contributed by atoms with Crippen molar-refractivity contribution in [3.8, 4) is 11.5 Å². The van der Waals surface area contributed by atoms with Crippen LogP contribution in [0.5, 0.6) is 0 Å². The Kier molecular flexibility index (Phi) is 4.42. The number of aryl methyl sites for hydroxylation is 1. The van der Waals surface area contributed by atoms with Gasteiger partial charge in [-0.05, 0) is 49.3 Å². The predicted molar refractivity (Wildman–Crippen MR) is 114 cm³/mol. The van der Waals surface area contributed by atoms with E-state index < -0.39 is 11.9 Å². The average Bonchev–Trinajstić information content (AvgIpc) is 3.47. The van der Waals surface area contributed by atoms with Crippen LogP contribution >= 0.6 is 0 Å². The topological polar surface area (TPSA) is 96.8 Å². The summed E-state index contributed by atoms with van der Waals surface area (Å²) in [6, 6.07) is 5.07. The summed E-state index contributed by atoms with van der Waals surface area (Å²) >= 11 is 0. The van der Waals surface area contributed by atoms with Gasteiger partial charge in [0.25, 0.3) is 5.91 Å². The van der Waals surface area contributed by atoms with Gasteiger partial charge < -0.3 is 10.2 Å². The first kappa shape index (κ1) is 20.9. The molecule has 8 nitrogen and oxygen atoms in total. The van der Waals surface area contributed by atoms with Gasteiger partial charge in [-0.1, -0.05) is 0 Å². The monoisotopic (exact) mass is 467 g/mol. The number of nitrogens with one attached hydrogen (secondary N) is 1. The molecule has 6 rings (SSSR count). The number of amides is 1. The molecule has 4 atom stereocenters. The number of alkyl halides is 3. The molecule has 2 aliphatic carbocycles. The number of nitrogens with zero attached hydrogens (tertiary/aromatic N) is 6. The maximum Gasteiger partial charge on any atom is 0.434 e. The van der Waals surface area contributed by atoms with E-state index in [2.05, 4.69) is 30.2 Å². The molecular weight excluding hydrogens is 447 g/mol. The van der Waals surface area contributed by atoms with Crippen LogP contribution in [-0.4, -0.2) is 54.4 Å². The zero-order chi connectivity index (χ0) is 23.7. The second kappa shape index (κ2) is 7.18. The fraction of sp³-hybridized carbons (Fsp3) is 0.391. The highest BCUT2D eigenvalue weighted by Gasteiger charge is 2.75. The molecular formula is C23H20F3N7O. The van der Waals surface area contributed by atoms with Crippen LogP contribution < -0.4 is 5.32 Å². The number of rotatable bonds is 4. The second-order valence-electron chi connectivity index (χ2n) is 9.20. The van der Waals surface area contributed by atoms with E-state index in [-0.39, 0.29) is 29.2 Å². The molecule has 2 saturated carbocycles. The molecule has 1 amide bonds. The van der Waals surface area contributed by atoms with Crippen molar-refractivity contribution in [1.82, 2.24) is 29.8 Å². The van der Waals surface area contributed by atoms with E-state index in [1.165, 1.54) is 0 Å². The van der Waals surface area contributed by atoms with Crippen LogP contribution in [0, 0.1) is 18.3 Å². The van der Waals surface area contributed by atoms with Crippen molar-refractivity contribution < 1.29 is 18.0 Å². The third-order valence-corrected chi connectivity index (χ3v) is 7.18. The van der Waals surface area contributed by atoms with Crippen LogP contribution in [0.4, 0.5) is 19.0 Å². The Balaban J connectivity index is 1.26. The van der Waals surface area contributed by atoms with Crippen LogP contribution in [0.3, 0.4) is 0 Å². The minimum absolute atomic E-state index is 0.0695. The molecule has 1 saturated heterocycles. The van der Waals surface area contributed by atoms with Crippen molar-refractivity contribution >= 4 is 11.7 Å². The van der Waals surface area contributed by atoms with Gasteiger partial charge in [-0.3, -0.25) is 4.79 Å². The van der Waals surface area contributed by atoms with Crippen molar-refractivity contribution in [3.63, 3.8) is 0 Å². The van der Waals surface area contributed by atoms with Crippen LogP contribution in [0.15, 0.2) is 43.0 Å². The summed E-state index contributed by atoms with van der Waals surface area (Å²) in [4.78, 5) is 36.0. The summed E-state index contributed by atoms with van der Waals surface area (Å²) in [5.41, 5.74) is 0.675. The van der Waals surface area contributed by atoms with Gasteiger partial charge in [0.1, 0.15) is 11.5 Å². The summed E-state index contributed by atoms with van der Waals surface area (Å²) in [7, 11) is 0. The molecule has 0 aromatic carbocycles. The molecule has 174 valence electrons. The van der Waals surface area contributed by atoms with Crippen molar-refractivity contribution in [3.05, 3.63) is 59.9 Å². The Morgan fingerprint density at radius 3 is 2.62 bits per heavy atom. The number of carbonyl (C=O) groups is 1. The molecule has 1 spiro atoms. The van der Waals surface area contributed by atoms with Crippen LogP contribution in [-0.2, 0) is 6.18 Å². The molecule has 3 fully saturated rings. The van der Waals surface area contributed by atoms with E-state index in [1.54, 1.807) is 30.6 Å². The number of piperidine rings is 1. The minimum atomic E-state index is -4.54. The lowest BCUT2D eigenvalue weighted by Crippen LogP contribution is -2.60. The molecule has 4 unspecified atom stereocenters. The first-order chi connectivity index (χ1) is 16.3. The Labute approximate surface area is 192 Å². The normalized spacial score (nSPS) is 26.9. The van der Waals surface area contributed by atoms with Gasteiger partial charge in [0.2, 0.25) is 0 Å². The molecule has 11 heteroatoms. The Morgan fingerprint density at radius 1 is 1.12 bits per heavy atom. The third kappa shape index (κ3) is 3.21. The van der Waals surface area contributed by atoms with Crippen molar-refractivity contribution in [2.24, 2.45) is 11.3 Å². The molecule has 4 heterocycles. The molecule has 3 aromatic heterocycles. The molecule has 1 N–H and O–H groups in total. The Hall–Kier alpha value is -3.63. The summed E-state index contributed by atoms with van der Waals surface area (Å²) < 4.78 is 38.4. The van der Waals surface area contributed by atoms with Gasteiger partial charge in [-0.2, -0.15) is 13.2 Å². The minimum Gasteiger partial charge on any atom is -0.364 e. The van der Waals surface area contributed by atoms with Crippen molar-refractivity contribution in [2.45, 2.75) is 38.0 Å². The molecule has 34 heavy (non-hydrogen) atoms. The quantitative estimate of drug-likeness (QED) is 0.628. The fourth-order valence-corrected chi connectivity index (χ4v) is 5.57. The predicted octanol–water partition coefficient (Wildman–Crippen LogP) is 3.37. The Bertz CT molecular complexity index is 1270. The molecule has 3 aromatic rings. The lowest BCUT2D eigenvalue weighted by atomic mass is 9.71. The molecule has 0 radical (unpaired) electrons. The third-order valence-electron chi connectivity index (χ3n) is 7.18. The lowest BCUT2D eigenvalue weighted by Gasteiger charge is -2.48. The van der Waals surface area contributed by atoms with Gasteiger partial charge in [-0.15, -0.1) is 0 Å². The highest BCUT2D eigenvalue weighted by atomic mass is 19.4.